The summed E-state index contributed by atoms with van der Waals surface area (Å²) >= 11 is 6.21. The van der Waals surface area contributed by atoms with Gasteiger partial charge in [-0.05, 0) is 56.0 Å². The smallest absolute Gasteiger partial charge is 0.366 e. The molecule has 2 aromatic heterocycles. The van der Waals surface area contributed by atoms with Crippen molar-refractivity contribution in [1.29, 1.82) is 0 Å². The number of nitrogens with one attached hydrogen (secondary N) is 1. The van der Waals surface area contributed by atoms with Crippen molar-refractivity contribution in [3.8, 4) is 0 Å². The van der Waals surface area contributed by atoms with E-state index < -0.39 is 30.5 Å². The summed E-state index contributed by atoms with van der Waals surface area (Å²) in [5, 5.41) is 2.99. The summed E-state index contributed by atoms with van der Waals surface area (Å²) in [5.74, 6) is 0.167. The molecule has 4 rings (SSSR count). The van der Waals surface area contributed by atoms with E-state index in [1.807, 2.05) is 11.9 Å². The number of rotatable bonds is 6. The Balaban J connectivity index is 1.37. The lowest BCUT2D eigenvalue weighted by molar-refractivity contribution is -0.140. The molecule has 2 heterocycles. The van der Waals surface area contributed by atoms with Crippen molar-refractivity contribution < 1.29 is 31.1 Å². The fraction of sp³-hybridized carbons (Fsp3) is 0.440. The van der Waals surface area contributed by atoms with Crippen molar-refractivity contribution in [2.45, 2.75) is 50.1 Å². The maximum absolute atomic E-state index is 13.1. The summed E-state index contributed by atoms with van der Waals surface area (Å²) in [6.45, 7) is -1.15. The van der Waals surface area contributed by atoms with Crippen LogP contribution in [0.5, 0.6) is 0 Å². The highest BCUT2D eigenvalue weighted by molar-refractivity contribution is 6.34. The van der Waals surface area contributed by atoms with Crippen LogP contribution < -0.4 is 15.1 Å². The Morgan fingerprint density at radius 1 is 1.08 bits per heavy atom. The Kier molecular flexibility index (Phi) is 7.74. The lowest BCUT2D eigenvalue weighted by atomic mass is 9.90. The zero-order valence-corrected chi connectivity index (χ0v) is 21.3. The summed E-state index contributed by atoms with van der Waals surface area (Å²) < 4.78 is 78.8. The van der Waals surface area contributed by atoms with E-state index in [1.165, 1.54) is 35.7 Å². The second-order valence-corrected chi connectivity index (χ2v) is 9.87. The summed E-state index contributed by atoms with van der Waals surface area (Å²) in [6.07, 6.45) is -5.27. The lowest BCUT2D eigenvalue weighted by Gasteiger charge is -2.36. The van der Waals surface area contributed by atoms with Crippen LogP contribution in [0.25, 0.3) is 5.65 Å². The molecule has 3 aromatic rings. The molecule has 0 radical (unpaired) electrons. The fourth-order valence-corrected chi connectivity index (χ4v) is 5.02. The number of amides is 1. The number of hydrogen-bond acceptors (Lipinski definition) is 4. The molecule has 1 amide bonds. The van der Waals surface area contributed by atoms with Crippen LogP contribution >= 0.6 is 11.6 Å². The Hall–Kier alpha value is -3.15. The fourth-order valence-electron chi connectivity index (χ4n) is 4.76. The zero-order valence-electron chi connectivity index (χ0n) is 20.6. The first kappa shape index (κ1) is 27.9. The molecule has 0 aliphatic heterocycles. The van der Waals surface area contributed by atoms with E-state index in [0.717, 1.165) is 11.1 Å². The maximum atomic E-state index is 13.1. The second-order valence-electron chi connectivity index (χ2n) is 9.46. The van der Waals surface area contributed by atoms with Gasteiger partial charge in [0.15, 0.2) is 5.69 Å². The quantitative estimate of drug-likeness (QED) is 0.365. The average Bonchev–Trinajstić information content (AvgIpc) is 3.28. The highest BCUT2D eigenvalue weighted by atomic mass is 35.5. The Bertz CT molecular complexity index is 1300. The average molecular weight is 562 g/mol. The zero-order chi connectivity index (χ0) is 27.8. The van der Waals surface area contributed by atoms with Crippen LogP contribution in [0.3, 0.4) is 0 Å². The molecule has 0 unspecified atom stereocenters. The summed E-state index contributed by atoms with van der Waals surface area (Å²) in [7, 11) is 3.11. The predicted octanol–water partition coefficient (Wildman–Crippen LogP) is 6.18. The van der Waals surface area contributed by atoms with Crippen molar-refractivity contribution in [3.63, 3.8) is 0 Å². The molecule has 1 saturated carbocycles. The molecule has 1 aliphatic carbocycles. The Morgan fingerprint density at radius 2 is 1.76 bits per heavy atom. The first-order chi connectivity index (χ1) is 17.7. The molecular weight excluding hydrogens is 536 g/mol. The summed E-state index contributed by atoms with van der Waals surface area (Å²) in [6, 6.07) is 8.96. The number of hydrogen-bond donors (Lipinski definition) is 1. The number of nitrogens with zero attached hydrogens (tertiary/aromatic N) is 4. The van der Waals surface area contributed by atoms with Gasteiger partial charge in [-0.25, -0.2) is 4.98 Å². The van der Waals surface area contributed by atoms with E-state index in [1.54, 1.807) is 12.1 Å². The first-order valence-corrected chi connectivity index (χ1v) is 12.3. The van der Waals surface area contributed by atoms with Crippen LogP contribution in [0, 0.1) is 0 Å². The van der Waals surface area contributed by atoms with E-state index in [4.69, 9.17) is 11.6 Å². The normalized spacial score (nSPS) is 18.4. The molecule has 0 bridgehead atoms. The monoisotopic (exact) mass is 561 g/mol. The van der Waals surface area contributed by atoms with Crippen LogP contribution in [-0.4, -0.2) is 54.2 Å². The SMILES string of the molecule is CN(CC(F)(F)F)c1ccc(C(=O)NC2CCC(N(C)c3cccc4nc(C(F)(F)F)cn34)CC2)c(Cl)c1. The Morgan fingerprint density at radius 3 is 2.37 bits per heavy atom. The first-order valence-electron chi connectivity index (χ1n) is 11.9. The molecule has 0 atom stereocenters. The van der Waals surface area contributed by atoms with Gasteiger partial charge in [0.05, 0.1) is 10.6 Å². The van der Waals surface area contributed by atoms with E-state index in [0.29, 0.717) is 31.5 Å². The number of halogens is 7. The van der Waals surface area contributed by atoms with Crippen LogP contribution in [-0.2, 0) is 6.18 Å². The summed E-state index contributed by atoms with van der Waals surface area (Å²) in [5.41, 5.74) is -0.344. The van der Waals surface area contributed by atoms with Gasteiger partial charge in [0.2, 0.25) is 0 Å². The lowest BCUT2D eigenvalue weighted by Crippen LogP contribution is -2.43. The van der Waals surface area contributed by atoms with Crippen LogP contribution in [0.1, 0.15) is 41.7 Å². The van der Waals surface area contributed by atoms with E-state index in [9.17, 15) is 31.1 Å². The van der Waals surface area contributed by atoms with Crippen LogP contribution in [0.15, 0.2) is 42.6 Å². The largest absolute Gasteiger partial charge is 0.434 e. The molecule has 38 heavy (non-hydrogen) atoms. The highest BCUT2D eigenvalue weighted by Crippen LogP contribution is 2.32. The third kappa shape index (κ3) is 6.28. The Labute approximate surface area is 220 Å². The molecule has 1 fully saturated rings. The topological polar surface area (TPSA) is 52.9 Å². The molecule has 0 saturated heterocycles. The van der Waals surface area contributed by atoms with Gasteiger partial charge in [-0.2, -0.15) is 26.3 Å². The van der Waals surface area contributed by atoms with E-state index in [-0.39, 0.29) is 34.0 Å². The second kappa shape index (κ2) is 10.5. The number of anilines is 2. The van der Waals surface area contributed by atoms with Gasteiger partial charge in [0.1, 0.15) is 18.0 Å². The molecule has 1 aromatic carbocycles. The molecule has 1 aliphatic rings. The number of benzene rings is 1. The van der Waals surface area contributed by atoms with Gasteiger partial charge >= 0.3 is 12.4 Å². The van der Waals surface area contributed by atoms with Gasteiger partial charge in [0, 0.05) is 38.1 Å². The van der Waals surface area contributed by atoms with Gasteiger partial charge in [0.25, 0.3) is 5.91 Å². The van der Waals surface area contributed by atoms with Crippen LogP contribution in [0.4, 0.5) is 37.8 Å². The molecule has 6 nitrogen and oxygen atoms in total. The van der Waals surface area contributed by atoms with Crippen LogP contribution in [0.2, 0.25) is 5.02 Å². The van der Waals surface area contributed by atoms with E-state index in [2.05, 4.69) is 10.3 Å². The highest BCUT2D eigenvalue weighted by Gasteiger charge is 2.35. The van der Waals surface area contributed by atoms with Crippen molar-refractivity contribution in [1.82, 2.24) is 14.7 Å². The molecule has 1 N–H and O–H groups in total. The third-order valence-electron chi connectivity index (χ3n) is 6.76. The third-order valence-corrected chi connectivity index (χ3v) is 7.07. The van der Waals surface area contributed by atoms with Crippen molar-refractivity contribution in [2.24, 2.45) is 0 Å². The molecule has 206 valence electrons. The summed E-state index contributed by atoms with van der Waals surface area (Å²) in [4.78, 5) is 19.4. The minimum atomic E-state index is -4.54. The number of carbonyl (C=O) groups excluding carboxylic acids is 1. The van der Waals surface area contributed by atoms with Crippen molar-refractivity contribution in [2.75, 3.05) is 30.4 Å². The number of fused-ring (bicyclic) bond motifs is 1. The molecular formula is C25H26ClF6N5O. The van der Waals surface area contributed by atoms with Crippen molar-refractivity contribution in [3.05, 3.63) is 58.9 Å². The van der Waals surface area contributed by atoms with Crippen molar-refractivity contribution >= 4 is 34.7 Å². The maximum Gasteiger partial charge on any atom is 0.434 e. The van der Waals surface area contributed by atoms with Gasteiger partial charge < -0.3 is 15.1 Å². The minimum absolute atomic E-state index is 0.0394. The molecule has 0 spiro atoms. The predicted molar refractivity (Wildman–Crippen MR) is 133 cm³/mol. The van der Waals surface area contributed by atoms with E-state index >= 15 is 0 Å². The number of imidazole rings is 1. The van der Waals surface area contributed by atoms with Gasteiger partial charge in [-0.1, -0.05) is 17.7 Å². The standard InChI is InChI=1S/C25H26ClF6N5O/c1-35(14-24(27,28)29)17-10-11-18(19(26)12-17)23(38)33-15-6-8-16(9-7-15)36(2)22-5-3-4-21-34-20(13-37(21)22)25(30,31)32/h3-5,10-13,15-16H,6-9,14H2,1-2H3,(H,33,38). The number of aromatic nitrogens is 2. The number of pyridine rings is 1. The number of carbonyl (C=O) groups is 1. The van der Waals surface area contributed by atoms with Gasteiger partial charge in [-0.3, -0.25) is 9.20 Å². The van der Waals surface area contributed by atoms with Gasteiger partial charge in [-0.15, -0.1) is 0 Å². The minimum Gasteiger partial charge on any atom is -0.366 e. The number of alkyl halides is 6. The molecule has 13 heteroatoms.